The van der Waals surface area contributed by atoms with Crippen LogP contribution in [0, 0.1) is 0 Å². The summed E-state index contributed by atoms with van der Waals surface area (Å²) in [6.07, 6.45) is 9.87. The highest BCUT2D eigenvalue weighted by molar-refractivity contribution is 5.30. The van der Waals surface area contributed by atoms with E-state index in [0.717, 1.165) is 24.5 Å². The molecule has 3 atom stereocenters. The number of hydrogen-bond donors (Lipinski definition) is 0. The quantitative estimate of drug-likeness (QED) is 0.748. The van der Waals surface area contributed by atoms with E-state index in [9.17, 15) is 0 Å². The lowest BCUT2D eigenvalue weighted by Crippen LogP contribution is -2.41. The standard InChI is InChI=1S/C22H29N3O2/c1-26-10-9-22-23-13-16(14-24-22)15-25-19-5-6-20(25)12-18(11-19)17-3-7-21(27-2)8-4-17/h3-4,7-8,13-14,18-20H,5-6,9-12,15H2,1-2H3/t18?,19-,20+. The predicted octanol–water partition coefficient (Wildman–Crippen LogP) is 3.58. The lowest BCUT2D eigenvalue weighted by atomic mass is 9.85. The minimum absolute atomic E-state index is 0.664. The van der Waals surface area contributed by atoms with E-state index in [2.05, 4.69) is 39.1 Å². The van der Waals surface area contributed by atoms with E-state index in [1.54, 1.807) is 14.2 Å². The van der Waals surface area contributed by atoms with Gasteiger partial charge in [-0.05, 0) is 49.3 Å². The van der Waals surface area contributed by atoms with Crippen LogP contribution in [0.2, 0.25) is 0 Å². The fourth-order valence-electron chi connectivity index (χ4n) is 4.68. The number of nitrogens with zero attached hydrogens (tertiary/aromatic N) is 3. The van der Waals surface area contributed by atoms with E-state index in [-0.39, 0.29) is 0 Å². The minimum atomic E-state index is 0.664. The maximum Gasteiger partial charge on any atom is 0.130 e. The molecule has 144 valence electrons. The lowest BCUT2D eigenvalue weighted by Gasteiger charge is -2.39. The van der Waals surface area contributed by atoms with Crippen molar-refractivity contribution in [2.45, 2.75) is 56.7 Å². The number of methoxy groups -OCH3 is 2. The van der Waals surface area contributed by atoms with Crippen molar-refractivity contribution in [1.29, 1.82) is 0 Å². The molecule has 0 radical (unpaired) electrons. The molecule has 0 N–H and O–H groups in total. The molecule has 0 spiro atoms. The molecule has 2 saturated heterocycles. The zero-order valence-electron chi connectivity index (χ0n) is 16.3. The van der Waals surface area contributed by atoms with Crippen molar-refractivity contribution in [1.82, 2.24) is 14.9 Å². The van der Waals surface area contributed by atoms with Crippen molar-refractivity contribution in [3.05, 3.63) is 53.6 Å². The van der Waals surface area contributed by atoms with Gasteiger partial charge in [0.1, 0.15) is 11.6 Å². The normalized spacial score (nSPS) is 24.9. The summed E-state index contributed by atoms with van der Waals surface area (Å²) in [4.78, 5) is 11.7. The average Bonchev–Trinajstić information content (AvgIpc) is 2.94. The maximum atomic E-state index is 5.30. The van der Waals surface area contributed by atoms with Gasteiger partial charge >= 0.3 is 0 Å². The molecule has 0 amide bonds. The van der Waals surface area contributed by atoms with E-state index in [0.29, 0.717) is 24.6 Å². The Kier molecular flexibility index (Phi) is 5.69. The van der Waals surface area contributed by atoms with Crippen molar-refractivity contribution < 1.29 is 9.47 Å². The third-order valence-corrected chi connectivity index (χ3v) is 6.13. The van der Waals surface area contributed by atoms with Crippen LogP contribution < -0.4 is 4.74 Å². The van der Waals surface area contributed by atoms with Gasteiger partial charge in [-0.2, -0.15) is 0 Å². The summed E-state index contributed by atoms with van der Waals surface area (Å²) >= 11 is 0. The zero-order valence-corrected chi connectivity index (χ0v) is 16.3. The summed E-state index contributed by atoms with van der Waals surface area (Å²) in [5.74, 6) is 2.47. The fraction of sp³-hybridized carbons (Fsp3) is 0.545. The number of rotatable bonds is 7. The van der Waals surface area contributed by atoms with E-state index < -0.39 is 0 Å². The topological polar surface area (TPSA) is 47.5 Å². The second kappa shape index (κ2) is 8.36. The number of piperidine rings is 1. The molecule has 1 aromatic carbocycles. The van der Waals surface area contributed by atoms with Crippen LogP contribution in [0.4, 0.5) is 0 Å². The minimum Gasteiger partial charge on any atom is -0.497 e. The van der Waals surface area contributed by atoms with Gasteiger partial charge in [0.25, 0.3) is 0 Å². The lowest BCUT2D eigenvalue weighted by molar-refractivity contribution is 0.118. The zero-order chi connectivity index (χ0) is 18.6. The Morgan fingerprint density at radius 3 is 2.26 bits per heavy atom. The Morgan fingerprint density at radius 1 is 1.00 bits per heavy atom. The van der Waals surface area contributed by atoms with Crippen LogP contribution in [-0.2, 0) is 17.7 Å². The highest BCUT2D eigenvalue weighted by Crippen LogP contribution is 2.43. The second-order valence-corrected chi connectivity index (χ2v) is 7.75. The predicted molar refractivity (Wildman–Crippen MR) is 105 cm³/mol. The first kappa shape index (κ1) is 18.4. The molecule has 1 aromatic heterocycles. The van der Waals surface area contributed by atoms with Gasteiger partial charge in [-0.1, -0.05) is 12.1 Å². The first-order chi connectivity index (χ1) is 13.3. The molecule has 2 aliphatic rings. The van der Waals surface area contributed by atoms with Crippen molar-refractivity contribution >= 4 is 0 Å². The largest absolute Gasteiger partial charge is 0.497 e. The Balaban J connectivity index is 1.38. The van der Waals surface area contributed by atoms with Crippen LogP contribution in [0.25, 0.3) is 0 Å². The molecular formula is C22H29N3O2. The fourth-order valence-corrected chi connectivity index (χ4v) is 4.68. The van der Waals surface area contributed by atoms with Gasteiger partial charge in [-0.3, -0.25) is 4.90 Å². The van der Waals surface area contributed by atoms with Crippen molar-refractivity contribution in [3.63, 3.8) is 0 Å². The van der Waals surface area contributed by atoms with Crippen LogP contribution >= 0.6 is 0 Å². The summed E-state index contributed by atoms with van der Waals surface area (Å²) in [5, 5.41) is 0. The Hall–Kier alpha value is -1.98. The van der Waals surface area contributed by atoms with Gasteiger partial charge in [0.2, 0.25) is 0 Å². The first-order valence-electron chi connectivity index (χ1n) is 9.95. The van der Waals surface area contributed by atoms with Crippen LogP contribution in [0.5, 0.6) is 5.75 Å². The molecule has 2 bridgehead atoms. The molecule has 0 saturated carbocycles. The third kappa shape index (κ3) is 4.14. The number of fused-ring (bicyclic) bond motifs is 2. The van der Waals surface area contributed by atoms with Crippen LogP contribution in [0.15, 0.2) is 36.7 Å². The van der Waals surface area contributed by atoms with Crippen molar-refractivity contribution in [3.8, 4) is 5.75 Å². The van der Waals surface area contributed by atoms with E-state index >= 15 is 0 Å². The van der Waals surface area contributed by atoms with Gasteiger partial charge in [0, 0.05) is 50.1 Å². The van der Waals surface area contributed by atoms with Crippen LogP contribution in [0.1, 0.15) is 48.6 Å². The van der Waals surface area contributed by atoms with Crippen LogP contribution in [0.3, 0.4) is 0 Å². The Bertz CT molecular complexity index is 718. The van der Waals surface area contributed by atoms with Gasteiger partial charge in [-0.15, -0.1) is 0 Å². The summed E-state index contributed by atoms with van der Waals surface area (Å²) in [6, 6.07) is 10.0. The maximum absolute atomic E-state index is 5.30. The molecule has 1 unspecified atom stereocenters. The summed E-state index contributed by atoms with van der Waals surface area (Å²) in [6.45, 7) is 1.64. The van der Waals surface area contributed by atoms with Crippen LogP contribution in [-0.4, -0.2) is 47.8 Å². The van der Waals surface area contributed by atoms with E-state index in [4.69, 9.17) is 9.47 Å². The smallest absolute Gasteiger partial charge is 0.130 e. The average molecular weight is 367 g/mol. The Morgan fingerprint density at radius 2 is 1.67 bits per heavy atom. The first-order valence-corrected chi connectivity index (χ1v) is 9.95. The second-order valence-electron chi connectivity index (χ2n) is 7.75. The molecule has 5 nitrogen and oxygen atoms in total. The molecule has 2 aliphatic heterocycles. The number of benzene rings is 1. The summed E-state index contributed by atoms with van der Waals surface area (Å²) in [5.41, 5.74) is 2.68. The molecule has 2 fully saturated rings. The van der Waals surface area contributed by atoms with Crippen molar-refractivity contribution in [2.24, 2.45) is 0 Å². The highest BCUT2D eigenvalue weighted by atomic mass is 16.5. The molecule has 27 heavy (non-hydrogen) atoms. The van der Waals surface area contributed by atoms with E-state index in [1.807, 2.05) is 12.4 Å². The van der Waals surface area contributed by atoms with Gasteiger partial charge in [0.05, 0.1) is 13.7 Å². The third-order valence-electron chi connectivity index (χ3n) is 6.13. The van der Waals surface area contributed by atoms with Gasteiger partial charge in [0.15, 0.2) is 0 Å². The molecule has 3 heterocycles. The number of aromatic nitrogens is 2. The molecule has 2 aromatic rings. The summed E-state index contributed by atoms with van der Waals surface area (Å²) in [7, 11) is 3.43. The molecule has 4 rings (SSSR count). The van der Waals surface area contributed by atoms with Gasteiger partial charge < -0.3 is 9.47 Å². The number of hydrogen-bond acceptors (Lipinski definition) is 5. The molecule has 5 heteroatoms. The van der Waals surface area contributed by atoms with Gasteiger partial charge in [-0.25, -0.2) is 9.97 Å². The van der Waals surface area contributed by atoms with E-state index in [1.165, 1.54) is 36.8 Å². The number of ether oxygens (including phenoxy) is 2. The molecular weight excluding hydrogens is 338 g/mol. The SMILES string of the molecule is COCCc1ncc(CN2[C@@H]3CC[C@H]2CC(c2ccc(OC)cc2)C3)cn1. The highest BCUT2D eigenvalue weighted by Gasteiger charge is 2.40. The Labute approximate surface area is 161 Å². The van der Waals surface area contributed by atoms with Crippen molar-refractivity contribution in [2.75, 3.05) is 20.8 Å². The monoisotopic (exact) mass is 367 g/mol. The summed E-state index contributed by atoms with van der Waals surface area (Å²) < 4.78 is 10.4. The molecule has 0 aliphatic carbocycles.